The number of nitrogen functional groups attached to an aromatic ring is 1. The van der Waals surface area contributed by atoms with Gasteiger partial charge in [0, 0.05) is 19.7 Å². The molecule has 1 aliphatic rings. The van der Waals surface area contributed by atoms with Gasteiger partial charge in [-0.1, -0.05) is 0 Å². The number of methoxy groups -OCH3 is 1. The molecular formula is C13H24N6O2. The number of hydrazine groups is 1. The predicted octanol–water partition coefficient (Wildman–Crippen LogP) is 0.807. The summed E-state index contributed by atoms with van der Waals surface area (Å²) in [5.41, 5.74) is 2.46. The summed E-state index contributed by atoms with van der Waals surface area (Å²) in [6.45, 7) is 5.89. The third-order valence-electron chi connectivity index (χ3n) is 3.59. The van der Waals surface area contributed by atoms with E-state index in [-0.39, 0.29) is 6.01 Å². The molecule has 0 aromatic carbocycles. The van der Waals surface area contributed by atoms with Crippen LogP contribution >= 0.6 is 0 Å². The van der Waals surface area contributed by atoms with E-state index in [1.807, 2.05) is 6.92 Å². The Balaban J connectivity index is 2.25. The minimum atomic E-state index is 0.279. The number of nitrogens with one attached hydrogen (secondary N) is 1. The van der Waals surface area contributed by atoms with Crippen LogP contribution in [0.15, 0.2) is 0 Å². The SMILES string of the molecule is CCOc1nc(NN)nc(N(CCOC)C(C)C2CC2)n1. The highest BCUT2D eigenvalue weighted by Crippen LogP contribution is 2.36. The fourth-order valence-electron chi connectivity index (χ4n) is 2.24. The van der Waals surface area contributed by atoms with E-state index in [0.717, 1.165) is 0 Å². The molecule has 1 saturated carbocycles. The van der Waals surface area contributed by atoms with E-state index in [9.17, 15) is 0 Å². The van der Waals surface area contributed by atoms with Crippen molar-refractivity contribution in [2.45, 2.75) is 32.7 Å². The normalized spacial score (nSPS) is 15.6. The van der Waals surface area contributed by atoms with Crippen molar-refractivity contribution in [3.63, 3.8) is 0 Å². The van der Waals surface area contributed by atoms with Gasteiger partial charge in [-0.3, -0.25) is 5.43 Å². The van der Waals surface area contributed by atoms with E-state index < -0.39 is 0 Å². The lowest BCUT2D eigenvalue weighted by Gasteiger charge is -2.29. The molecule has 118 valence electrons. The molecule has 0 bridgehead atoms. The zero-order valence-electron chi connectivity index (χ0n) is 12.9. The highest BCUT2D eigenvalue weighted by Gasteiger charge is 2.33. The second-order valence-corrected chi connectivity index (χ2v) is 5.08. The van der Waals surface area contributed by atoms with Crippen LogP contribution in [0, 0.1) is 5.92 Å². The van der Waals surface area contributed by atoms with Crippen molar-refractivity contribution in [1.29, 1.82) is 0 Å². The quantitative estimate of drug-likeness (QED) is 0.510. The summed E-state index contributed by atoms with van der Waals surface area (Å²) in [6, 6.07) is 0.628. The molecule has 8 nitrogen and oxygen atoms in total. The number of nitrogens with zero attached hydrogens (tertiary/aromatic N) is 4. The van der Waals surface area contributed by atoms with Crippen LogP contribution < -0.4 is 20.9 Å². The van der Waals surface area contributed by atoms with Gasteiger partial charge in [-0.25, -0.2) is 5.84 Å². The van der Waals surface area contributed by atoms with Crippen molar-refractivity contribution in [2.24, 2.45) is 11.8 Å². The molecule has 0 radical (unpaired) electrons. The van der Waals surface area contributed by atoms with Crippen LogP contribution in [-0.4, -0.2) is 47.9 Å². The van der Waals surface area contributed by atoms with E-state index in [0.29, 0.717) is 43.6 Å². The van der Waals surface area contributed by atoms with Crippen molar-refractivity contribution in [1.82, 2.24) is 15.0 Å². The maximum atomic E-state index is 5.43. The van der Waals surface area contributed by atoms with Gasteiger partial charge in [-0.15, -0.1) is 0 Å². The minimum Gasteiger partial charge on any atom is -0.464 e. The molecule has 0 aliphatic heterocycles. The number of anilines is 2. The highest BCUT2D eigenvalue weighted by molar-refractivity contribution is 5.39. The lowest BCUT2D eigenvalue weighted by Crippen LogP contribution is -2.38. The second kappa shape index (κ2) is 7.37. The topological polar surface area (TPSA) is 98.4 Å². The number of rotatable bonds is 9. The Bertz CT molecular complexity index is 454. The van der Waals surface area contributed by atoms with E-state index in [1.165, 1.54) is 12.8 Å². The van der Waals surface area contributed by atoms with E-state index in [2.05, 4.69) is 32.2 Å². The van der Waals surface area contributed by atoms with Gasteiger partial charge >= 0.3 is 6.01 Å². The predicted molar refractivity (Wildman–Crippen MR) is 80.2 cm³/mol. The largest absolute Gasteiger partial charge is 0.464 e. The van der Waals surface area contributed by atoms with Gasteiger partial charge in [0.05, 0.1) is 13.2 Å². The molecule has 1 heterocycles. The van der Waals surface area contributed by atoms with Crippen LogP contribution in [0.3, 0.4) is 0 Å². The molecule has 2 rings (SSSR count). The van der Waals surface area contributed by atoms with Gasteiger partial charge in [-0.2, -0.15) is 15.0 Å². The number of aromatic nitrogens is 3. The van der Waals surface area contributed by atoms with Gasteiger partial charge in [0.25, 0.3) is 0 Å². The Labute approximate surface area is 125 Å². The lowest BCUT2D eigenvalue weighted by molar-refractivity contribution is 0.202. The number of ether oxygens (including phenoxy) is 2. The molecule has 21 heavy (non-hydrogen) atoms. The molecule has 0 amide bonds. The molecule has 8 heteroatoms. The smallest absolute Gasteiger partial charge is 0.323 e. The van der Waals surface area contributed by atoms with Gasteiger partial charge in [0.2, 0.25) is 11.9 Å². The minimum absolute atomic E-state index is 0.279. The maximum Gasteiger partial charge on any atom is 0.323 e. The van der Waals surface area contributed by atoms with Crippen molar-refractivity contribution in [3.05, 3.63) is 0 Å². The van der Waals surface area contributed by atoms with Crippen LogP contribution in [0.5, 0.6) is 6.01 Å². The third-order valence-corrected chi connectivity index (χ3v) is 3.59. The summed E-state index contributed by atoms with van der Waals surface area (Å²) >= 11 is 0. The molecule has 0 spiro atoms. The van der Waals surface area contributed by atoms with E-state index in [4.69, 9.17) is 15.3 Å². The van der Waals surface area contributed by atoms with Gasteiger partial charge in [0.15, 0.2) is 0 Å². The van der Waals surface area contributed by atoms with Crippen molar-refractivity contribution in [3.8, 4) is 6.01 Å². The molecule has 1 atom stereocenters. The van der Waals surface area contributed by atoms with Gasteiger partial charge < -0.3 is 14.4 Å². The van der Waals surface area contributed by atoms with Crippen molar-refractivity contribution < 1.29 is 9.47 Å². The molecule has 1 aromatic rings. The molecule has 1 aromatic heterocycles. The van der Waals surface area contributed by atoms with E-state index >= 15 is 0 Å². The van der Waals surface area contributed by atoms with Gasteiger partial charge in [0.1, 0.15) is 0 Å². The Morgan fingerprint density at radius 1 is 1.38 bits per heavy atom. The molecule has 0 saturated heterocycles. The van der Waals surface area contributed by atoms with Crippen LogP contribution in [0.2, 0.25) is 0 Å². The second-order valence-electron chi connectivity index (χ2n) is 5.08. The van der Waals surface area contributed by atoms with E-state index in [1.54, 1.807) is 7.11 Å². The summed E-state index contributed by atoms with van der Waals surface area (Å²) in [5, 5.41) is 0. The summed E-state index contributed by atoms with van der Waals surface area (Å²) in [6.07, 6.45) is 2.49. The molecule has 3 N–H and O–H groups in total. The first kappa shape index (κ1) is 15.7. The highest BCUT2D eigenvalue weighted by atomic mass is 16.5. The molecule has 1 fully saturated rings. The van der Waals surface area contributed by atoms with Crippen LogP contribution in [-0.2, 0) is 4.74 Å². The summed E-state index contributed by atoms with van der Waals surface area (Å²) in [4.78, 5) is 15.0. The summed E-state index contributed by atoms with van der Waals surface area (Å²) < 4.78 is 10.6. The Kier molecular flexibility index (Phi) is 5.51. The molecule has 1 aliphatic carbocycles. The van der Waals surface area contributed by atoms with Crippen molar-refractivity contribution in [2.75, 3.05) is 37.2 Å². The van der Waals surface area contributed by atoms with Crippen LogP contribution in [0.1, 0.15) is 26.7 Å². The fraction of sp³-hybridized carbons (Fsp3) is 0.769. The fourth-order valence-corrected chi connectivity index (χ4v) is 2.24. The van der Waals surface area contributed by atoms with Crippen molar-refractivity contribution >= 4 is 11.9 Å². The number of hydrogen-bond acceptors (Lipinski definition) is 8. The van der Waals surface area contributed by atoms with Crippen LogP contribution in [0.25, 0.3) is 0 Å². The number of nitrogens with two attached hydrogens (primary N) is 1. The first-order valence-corrected chi connectivity index (χ1v) is 7.30. The number of hydrogen-bond donors (Lipinski definition) is 2. The Morgan fingerprint density at radius 3 is 2.71 bits per heavy atom. The van der Waals surface area contributed by atoms with Crippen LogP contribution in [0.4, 0.5) is 11.9 Å². The maximum absolute atomic E-state index is 5.43. The first-order chi connectivity index (χ1) is 10.2. The lowest BCUT2D eigenvalue weighted by atomic mass is 10.2. The summed E-state index contributed by atoms with van der Waals surface area (Å²) in [7, 11) is 1.69. The molecular weight excluding hydrogens is 272 g/mol. The Morgan fingerprint density at radius 2 is 2.14 bits per heavy atom. The third kappa shape index (κ3) is 4.15. The zero-order valence-corrected chi connectivity index (χ0v) is 12.9. The standard InChI is InChI=1S/C13H24N6O2/c1-4-21-13-16-11(18-14)15-12(17-13)19(7-8-20-3)9(2)10-5-6-10/h9-10H,4-8,14H2,1-3H3,(H,15,16,17,18). The average Bonchev–Trinajstić information content (AvgIpc) is 3.32. The Hall–Kier alpha value is -1.67. The zero-order chi connectivity index (χ0) is 15.2. The molecule has 1 unspecified atom stereocenters. The average molecular weight is 296 g/mol. The monoisotopic (exact) mass is 296 g/mol. The first-order valence-electron chi connectivity index (χ1n) is 7.30. The summed E-state index contributed by atoms with van der Waals surface area (Å²) in [5.74, 6) is 6.98. The van der Waals surface area contributed by atoms with Gasteiger partial charge in [-0.05, 0) is 32.6 Å².